The highest BCUT2D eigenvalue weighted by atomic mass is 16.5. The smallest absolute Gasteiger partial charge is 0.251 e. The van der Waals surface area contributed by atoms with E-state index in [2.05, 4.69) is 12.1 Å². The number of fused-ring (bicyclic) bond motifs is 1. The van der Waals surface area contributed by atoms with Crippen LogP contribution in [0.1, 0.15) is 22.3 Å². The summed E-state index contributed by atoms with van der Waals surface area (Å²) in [5.41, 5.74) is 7.25. The molecule has 6 nitrogen and oxygen atoms in total. The van der Waals surface area contributed by atoms with Crippen molar-refractivity contribution in [3.8, 4) is 33.8 Å². The van der Waals surface area contributed by atoms with E-state index in [-0.39, 0.29) is 32.3 Å². The fourth-order valence-electron chi connectivity index (χ4n) is 6.93. The monoisotopic (exact) mass is 647 g/mol. The number of rotatable bonds is 11. The first-order chi connectivity index (χ1) is 24.1. The van der Waals surface area contributed by atoms with Gasteiger partial charge in [-0.2, -0.15) is 0 Å². The molecule has 244 valence electrons. The number of anilines is 2. The summed E-state index contributed by atoms with van der Waals surface area (Å²) in [4.78, 5) is 17.5. The fourth-order valence-corrected chi connectivity index (χ4v) is 6.93. The second-order valence-electron chi connectivity index (χ2n) is 12.0. The Labute approximate surface area is 286 Å². The normalized spacial score (nSPS) is 13.3. The average molecular weight is 648 g/mol. The predicted octanol–water partition coefficient (Wildman–Crippen LogP) is 8.08. The van der Waals surface area contributed by atoms with Gasteiger partial charge in [0, 0.05) is 16.7 Å². The van der Waals surface area contributed by atoms with Crippen LogP contribution < -0.4 is 14.4 Å². The Bertz CT molecular complexity index is 2000. The van der Waals surface area contributed by atoms with E-state index in [0.717, 1.165) is 55.9 Å². The van der Waals surface area contributed by atoms with Crippen LogP contribution in [0.3, 0.4) is 0 Å². The molecule has 0 aliphatic carbocycles. The molecule has 0 unspecified atom stereocenters. The van der Waals surface area contributed by atoms with Gasteiger partial charge in [-0.1, -0.05) is 109 Å². The van der Waals surface area contributed by atoms with E-state index in [1.54, 1.807) is 0 Å². The third kappa shape index (κ3) is 5.65. The van der Waals surface area contributed by atoms with Crippen molar-refractivity contribution >= 4 is 17.3 Å². The molecule has 1 heterocycles. The van der Waals surface area contributed by atoms with E-state index >= 15 is 4.79 Å². The number of carbonyl (C=O) groups is 1. The van der Waals surface area contributed by atoms with Crippen molar-refractivity contribution in [1.82, 2.24) is 0 Å². The van der Waals surface area contributed by atoms with E-state index in [0.29, 0.717) is 11.5 Å². The van der Waals surface area contributed by atoms with Gasteiger partial charge in [-0.15, -0.1) is 0 Å². The molecule has 0 fully saturated rings. The van der Waals surface area contributed by atoms with Crippen LogP contribution in [0.4, 0.5) is 11.4 Å². The van der Waals surface area contributed by atoms with Gasteiger partial charge in [0.15, 0.2) is 0 Å². The van der Waals surface area contributed by atoms with Crippen molar-refractivity contribution in [3.05, 3.63) is 168 Å². The third-order valence-corrected chi connectivity index (χ3v) is 9.12. The van der Waals surface area contributed by atoms with Crippen molar-refractivity contribution in [1.29, 1.82) is 0 Å². The molecule has 1 aliphatic heterocycles. The van der Waals surface area contributed by atoms with Gasteiger partial charge >= 0.3 is 0 Å². The minimum atomic E-state index is -1.27. The third-order valence-electron chi connectivity index (χ3n) is 9.12. The summed E-state index contributed by atoms with van der Waals surface area (Å²) in [6.07, 6.45) is 0. The minimum absolute atomic E-state index is 0.103. The van der Waals surface area contributed by atoms with E-state index in [9.17, 15) is 10.2 Å². The number of benzene rings is 6. The highest BCUT2D eigenvalue weighted by Gasteiger charge is 2.54. The summed E-state index contributed by atoms with van der Waals surface area (Å²) in [6, 6.07) is 47.7. The Balaban J connectivity index is 1.55. The molecule has 6 aromatic rings. The lowest BCUT2D eigenvalue weighted by molar-refractivity contribution is -0.120. The van der Waals surface area contributed by atoms with Crippen molar-refractivity contribution < 1.29 is 24.5 Å². The lowest BCUT2D eigenvalue weighted by Gasteiger charge is -2.32. The molecule has 1 amide bonds. The van der Waals surface area contributed by atoms with Gasteiger partial charge in [-0.3, -0.25) is 9.69 Å². The quantitative estimate of drug-likeness (QED) is 0.149. The maximum Gasteiger partial charge on any atom is 0.251 e. The minimum Gasteiger partial charge on any atom is -0.491 e. The van der Waals surface area contributed by atoms with Gasteiger partial charge in [0.25, 0.3) is 5.91 Å². The van der Waals surface area contributed by atoms with E-state index in [1.807, 2.05) is 145 Å². The van der Waals surface area contributed by atoms with Crippen LogP contribution in [-0.4, -0.2) is 42.5 Å². The number of aliphatic hydroxyl groups is 2. The van der Waals surface area contributed by atoms with Crippen LogP contribution in [0.5, 0.6) is 11.5 Å². The number of amides is 1. The second kappa shape index (κ2) is 13.8. The van der Waals surface area contributed by atoms with Crippen LogP contribution in [0.25, 0.3) is 22.3 Å². The summed E-state index contributed by atoms with van der Waals surface area (Å²) in [5.74, 6) is 1.13. The molecule has 0 atom stereocenters. The summed E-state index contributed by atoms with van der Waals surface area (Å²) in [7, 11) is 0. The molecule has 1 aliphatic rings. The number of aliphatic hydroxyl groups excluding tert-OH is 2. The SMILES string of the molecule is Cc1ccccc1N1C(=O)C(c2ccc(OCCO)c(-c3ccccc3)c2)(c2ccc(OCCO)c(-c3ccccc3)c2)c2ccccc21. The molecular formula is C43H37NO5. The molecule has 0 radical (unpaired) electrons. The summed E-state index contributed by atoms with van der Waals surface area (Å²) < 4.78 is 12.1. The van der Waals surface area contributed by atoms with Gasteiger partial charge < -0.3 is 19.7 Å². The predicted molar refractivity (Wildman–Crippen MR) is 194 cm³/mol. The van der Waals surface area contributed by atoms with Gasteiger partial charge in [0.1, 0.15) is 30.1 Å². The van der Waals surface area contributed by atoms with E-state index < -0.39 is 5.41 Å². The zero-order valence-electron chi connectivity index (χ0n) is 27.3. The molecular weight excluding hydrogens is 610 g/mol. The zero-order chi connectivity index (χ0) is 33.8. The Kier molecular flexibility index (Phi) is 8.99. The first-order valence-electron chi connectivity index (χ1n) is 16.4. The van der Waals surface area contributed by atoms with Crippen LogP contribution in [0.15, 0.2) is 146 Å². The Morgan fingerprint density at radius 2 is 1.04 bits per heavy atom. The maximum absolute atomic E-state index is 15.6. The lowest BCUT2D eigenvalue weighted by atomic mass is 9.69. The molecule has 0 saturated heterocycles. The number of nitrogens with zero attached hydrogens (tertiary/aromatic N) is 1. The van der Waals surface area contributed by atoms with E-state index in [1.165, 1.54) is 0 Å². The maximum atomic E-state index is 15.6. The molecule has 7 rings (SSSR count). The molecule has 6 aromatic carbocycles. The zero-order valence-corrected chi connectivity index (χ0v) is 27.3. The fraction of sp³-hybridized carbons (Fsp3) is 0.140. The lowest BCUT2D eigenvalue weighted by Crippen LogP contribution is -2.40. The summed E-state index contributed by atoms with van der Waals surface area (Å²) in [6.45, 7) is 2.06. The van der Waals surface area contributed by atoms with Crippen molar-refractivity contribution in [2.24, 2.45) is 0 Å². The van der Waals surface area contributed by atoms with Crippen LogP contribution in [0.2, 0.25) is 0 Å². The summed E-state index contributed by atoms with van der Waals surface area (Å²) >= 11 is 0. The molecule has 2 N–H and O–H groups in total. The van der Waals surface area contributed by atoms with Crippen molar-refractivity contribution in [2.45, 2.75) is 12.3 Å². The highest BCUT2D eigenvalue weighted by molar-refractivity contribution is 6.17. The highest BCUT2D eigenvalue weighted by Crippen LogP contribution is 2.55. The van der Waals surface area contributed by atoms with Crippen LogP contribution in [0, 0.1) is 6.92 Å². The molecule has 6 heteroatoms. The number of ether oxygens (including phenoxy) is 2. The van der Waals surface area contributed by atoms with Gasteiger partial charge in [-0.25, -0.2) is 0 Å². The molecule has 0 saturated carbocycles. The number of hydrogen-bond acceptors (Lipinski definition) is 5. The average Bonchev–Trinajstić information content (AvgIpc) is 3.42. The second-order valence-corrected chi connectivity index (χ2v) is 12.0. The standard InChI is InChI=1S/C43H37NO5/c1-30-12-8-10-18-38(30)44-39-19-11-9-17-37(39)43(42(44)47,33-20-22-40(48-26-24-45)35(28-33)31-13-4-2-5-14-31)34-21-23-41(49-27-25-46)36(29-34)32-15-6-3-7-16-32/h2-23,28-29,45-46H,24-27H2,1H3. The molecule has 49 heavy (non-hydrogen) atoms. The Morgan fingerprint density at radius 3 is 1.55 bits per heavy atom. The summed E-state index contributed by atoms with van der Waals surface area (Å²) in [5, 5.41) is 19.2. The largest absolute Gasteiger partial charge is 0.491 e. The van der Waals surface area contributed by atoms with Crippen molar-refractivity contribution in [3.63, 3.8) is 0 Å². The topological polar surface area (TPSA) is 79.2 Å². The first-order valence-corrected chi connectivity index (χ1v) is 16.4. The van der Waals surface area contributed by atoms with Crippen LogP contribution in [-0.2, 0) is 10.2 Å². The number of para-hydroxylation sites is 2. The molecule has 0 aromatic heterocycles. The number of aryl methyl sites for hydroxylation is 1. The number of carbonyl (C=O) groups excluding carboxylic acids is 1. The van der Waals surface area contributed by atoms with Gasteiger partial charge in [0.2, 0.25) is 0 Å². The van der Waals surface area contributed by atoms with Crippen molar-refractivity contribution in [2.75, 3.05) is 31.3 Å². The van der Waals surface area contributed by atoms with E-state index in [4.69, 9.17) is 9.47 Å². The van der Waals surface area contributed by atoms with Gasteiger partial charge in [-0.05, 0) is 71.1 Å². The first kappa shape index (κ1) is 31.9. The molecule has 0 bridgehead atoms. The number of hydrogen-bond donors (Lipinski definition) is 2. The van der Waals surface area contributed by atoms with Gasteiger partial charge in [0.05, 0.1) is 24.6 Å². The Hall–Kier alpha value is -5.69. The molecule has 0 spiro atoms. The van der Waals surface area contributed by atoms with Crippen LogP contribution >= 0.6 is 0 Å². The Morgan fingerprint density at radius 1 is 0.571 bits per heavy atom.